The molecule has 13 heavy (non-hydrogen) atoms. The number of carbonyl (C=O) groups is 1. The minimum Gasteiger partial charge on any atom is -0.403 e. The van der Waals surface area contributed by atoms with E-state index in [1.165, 1.54) is 0 Å². The Morgan fingerprint density at radius 3 is 2.23 bits per heavy atom. The van der Waals surface area contributed by atoms with Crippen molar-refractivity contribution < 1.29 is 31.8 Å². The van der Waals surface area contributed by atoms with Crippen LogP contribution in [0.1, 0.15) is 12.8 Å². The maximum absolute atomic E-state index is 11.3. The van der Waals surface area contributed by atoms with E-state index in [-0.39, 0.29) is 19.4 Å². The zero-order chi connectivity index (χ0) is 10.3. The average Bonchev–Trinajstić information content (AvgIpc) is 1.96. The molecule has 0 rings (SSSR count). The van der Waals surface area contributed by atoms with Gasteiger partial charge in [-0.2, -0.15) is 17.6 Å². The lowest BCUT2D eigenvalue weighted by atomic mass is 10.3. The quantitative estimate of drug-likeness (QED) is 0.375. The number of halogens is 4. The fourth-order valence-electron chi connectivity index (χ4n) is 0.547. The van der Waals surface area contributed by atoms with Crippen molar-refractivity contribution in [1.29, 1.82) is 0 Å². The lowest BCUT2D eigenvalue weighted by Crippen LogP contribution is -2.10. The largest absolute Gasteiger partial charge is 0.403 e. The summed E-state index contributed by atoms with van der Waals surface area (Å²) in [6, 6.07) is 0. The molecule has 0 aromatic rings. The molecular weight excluding hydrogens is 196 g/mol. The van der Waals surface area contributed by atoms with Gasteiger partial charge in [0.25, 0.3) is 0 Å². The zero-order valence-electron chi connectivity index (χ0n) is 6.51. The molecule has 0 aliphatic heterocycles. The summed E-state index contributed by atoms with van der Waals surface area (Å²) in [5.41, 5.74) is 0. The molecular formula is C6H8F4O3. The van der Waals surface area contributed by atoms with Gasteiger partial charge in [0, 0.05) is 6.42 Å². The second kappa shape index (κ2) is 6.64. The van der Waals surface area contributed by atoms with Gasteiger partial charge in [-0.05, 0) is 6.42 Å². The lowest BCUT2D eigenvalue weighted by molar-refractivity contribution is -0.177. The molecule has 0 fully saturated rings. The van der Waals surface area contributed by atoms with Crippen LogP contribution in [0.5, 0.6) is 0 Å². The Morgan fingerprint density at radius 1 is 1.15 bits per heavy atom. The Labute approximate surface area is 71.6 Å². The number of hydrogen-bond donors (Lipinski definition) is 0. The molecule has 0 aromatic heterocycles. The van der Waals surface area contributed by atoms with Crippen molar-refractivity contribution >= 4 is 5.97 Å². The van der Waals surface area contributed by atoms with Gasteiger partial charge in [-0.25, -0.2) is 0 Å². The van der Waals surface area contributed by atoms with Crippen LogP contribution in [0.25, 0.3) is 0 Å². The van der Waals surface area contributed by atoms with Crippen molar-refractivity contribution in [3.63, 3.8) is 0 Å². The van der Waals surface area contributed by atoms with Crippen LogP contribution in [0.2, 0.25) is 0 Å². The van der Waals surface area contributed by atoms with Crippen molar-refractivity contribution in [2.24, 2.45) is 0 Å². The van der Waals surface area contributed by atoms with E-state index in [0.717, 1.165) is 0 Å². The van der Waals surface area contributed by atoms with E-state index in [4.69, 9.17) is 0 Å². The van der Waals surface area contributed by atoms with E-state index in [2.05, 4.69) is 9.47 Å². The third kappa shape index (κ3) is 9.06. The van der Waals surface area contributed by atoms with Gasteiger partial charge in [0.05, 0.1) is 6.61 Å². The van der Waals surface area contributed by atoms with Gasteiger partial charge >= 0.3 is 19.2 Å². The zero-order valence-corrected chi connectivity index (χ0v) is 6.51. The van der Waals surface area contributed by atoms with Crippen LogP contribution in [0.15, 0.2) is 0 Å². The maximum Gasteiger partial charge on any atom is 0.389 e. The maximum atomic E-state index is 11.3. The molecule has 0 heterocycles. The molecule has 0 unspecified atom stereocenters. The molecule has 0 aliphatic carbocycles. The fraction of sp³-hybridized carbons (Fsp3) is 0.833. The first kappa shape index (κ1) is 12.2. The van der Waals surface area contributed by atoms with Crippen molar-refractivity contribution in [3.05, 3.63) is 0 Å². The molecule has 3 nitrogen and oxygen atoms in total. The summed E-state index contributed by atoms with van der Waals surface area (Å²) < 4.78 is 52.5. The highest BCUT2D eigenvalue weighted by Gasteiger charge is 2.10. The predicted molar refractivity (Wildman–Crippen MR) is 33.3 cm³/mol. The van der Waals surface area contributed by atoms with Crippen LogP contribution in [0.3, 0.4) is 0 Å². The Morgan fingerprint density at radius 2 is 1.77 bits per heavy atom. The number of ether oxygens (including phenoxy) is 2. The Balaban J connectivity index is 3.27. The van der Waals surface area contributed by atoms with E-state index in [1.54, 1.807) is 0 Å². The van der Waals surface area contributed by atoms with E-state index in [0.29, 0.717) is 0 Å². The van der Waals surface area contributed by atoms with Crippen LogP contribution < -0.4 is 0 Å². The monoisotopic (exact) mass is 204 g/mol. The summed E-state index contributed by atoms with van der Waals surface area (Å²) in [5.74, 6) is -1.13. The summed E-state index contributed by atoms with van der Waals surface area (Å²) in [6.45, 7) is -6.44. The normalized spacial score (nSPS) is 10.9. The Hall–Kier alpha value is -0.850. The van der Waals surface area contributed by atoms with Gasteiger partial charge in [-0.15, -0.1) is 0 Å². The number of alkyl halides is 4. The minimum atomic E-state index is -3.16. The predicted octanol–water partition coefficient (Wildman–Crippen LogP) is 1.77. The third-order valence-electron chi connectivity index (χ3n) is 0.990. The van der Waals surface area contributed by atoms with Crippen molar-refractivity contribution in [2.45, 2.75) is 26.1 Å². The highest BCUT2D eigenvalue weighted by atomic mass is 19.3. The third-order valence-corrected chi connectivity index (χ3v) is 0.990. The topological polar surface area (TPSA) is 35.5 Å². The lowest BCUT2D eigenvalue weighted by Gasteiger charge is -2.03. The summed E-state index contributed by atoms with van der Waals surface area (Å²) in [6.07, 6.45) is -0.438. The standard InChI is InChI=1S/C6H8F4O3/c7-5(8)12-3-1-2-4(11)13-6(9)10/h5-6H,1-3H2. The van der Waals surface area contributed by atoms with Crippen LogP contribution in [0.4, 0.5) is 17.6 Å². The summed E-state index contributed by atoms with van der Waals surface area (Å²) >= 11 is 0. The number of rotatable bonds is 6. The molecule has 0 spiro atoms. The van der Waals surface area contributed by atoms with Gasteiger partial charge in [-0.3, -0.25) is 4.79 Å². The minimum absolute atomic E-state index is 0.0735. The van der Waals surface area contributed by atoms with Crippen LogP contribution in [-0.2, 0) is 14.3 Å². The van der Waals surface area contributed by atoms with Crippen LogP contribution in [0, 0.1) is 0 Å². The van der Waals surface area contributed by atoms with Crippen molar-refractivity contribution in [2.75, 3.05) is 6.61 Å². The average molecular weight is 204 g/mol. The van der Waals surface area contributed by atoms with Crippen LogP contribution in [-0.4, -0.2) is 25.8 Å². The summed E-state index contributed by atoms with van der Waals surface area (Å²) in [4.78, 5) is 10.4. The molecule has 78 valence electrons. The summed E-state index contributed by atoms with van der Waals surface area (Å²) in [7, 11) is 0. The molecule has 0 radical (unpaired) electrons. The first-order chi connectivity index (χ1) is 6.02. The number of hydrogen-bond acceptors (Lipinski definition) is 3. The second-order valence-electron chi connectivity index (χ2n) is 1.99. The van der Waals surface area contributed by atoms with E-state index in [9.17, 15) is 22.4 Å². The molecule has 0 N–H and O–H groups in total. The van der Waals surface area contributed by atoms with Gasteiger partial charge in [-0.1, -0.05) is 0 Å². The summed E-state index contributed by atoms with van der Waals surface area (Å²) in [5, 5.41) is 0. The van der Waals surface area contributed by atoms with E-state index < -0.39 is 19.2 Å². The number of esters is 1. The Bertz CT molecular complexity index is 151. The van der Waals surface area contributed by atoms with Gasteiger partial charge in [0.15, 0.2) is 0 Å². The molecule has 7 heteroatoms. The van der Waals surface area contributed by atoms with Crippen molar-refractivity contribution in [1.82, 2.24) is 0 Å². The molecule has 0 bridgehead atoms. The first-order valence-electron chi connectivity index (χ1n) is 3.39. The molecule has 0 aliphatic rings. The molecule has 0 amide bonds. The first-order valence-corrected chi connectivity index (χ1v) is 3.39. The van der Waals surface area contributed by atoms with E-state index >= 15 is 0 Å². The van der Waals surface area contributed by atoms with Crippen LogP contribution >= 0.6 is 0 Å². The Kier molecular flexibility index (Phi) is 6.21. The second-order valence-corrected chi connectivity index (χ2v) is 1.99. The fourth-order valence-corrected chi connectivity index (χ4v) is 0.547. The van der Waals surface area contributed by atoms with Gasteiger partial charge < -0.3 is 9.47 Å². The molecule has 0 saturated heterocycles. The van der Waals surface area contributed by atoms with Crippen molar-refractivity contribution in [3.8, 4) is 0 Å². The molecule has 0 aromatic carbocycles. The smallest absolute Gasteiger partial charge is 0.389 e. The molecule has 0 atom stereocenters. The van der Waals surface area contributed by atoms with Gasteiger partial charge in [0.2, 0.25) is 0 Å². The highest BCUT2D eigenvalue weighted by molar-refractivity contribution is 5.69. The van der Waals surface area contributed by atoms with E-state index in [1.807, 2.05) is 0 Å². The molecule has 0 saturated carbocycles. The SMILES string of the molecule is O=C(CCCOC(F)F)OC(F)F. The highest BCUT2D eigenvalue weighted by Crippen LogP contribution is 2.02. The van der Waals surface area contributed by atoms with Gasteiger partial charge in [0.1, 0.15) is 0 Å². The number of carbonyl (C=O) groups excluding carboxylic acids is 1.